The molecule has 0 bridgehead atoms. The van der Waals surface area contributed by atoms with Crippen LogP contribution in [0.3, 0.4) is 0 Å². The lowest BCUT2D eigenvalue weighted by Gasteiger charge is -2.25. The number of carbonyl (C=O) groups is 1. The highest BCUT2D eigenvalue weighted by Gasteiger charge is 2.41. The summed E-state index contributed by atoms with van der Waals surface area (Å²) >= 11 is 21.0. The van der Waals surface area contributed by atoms with E-state index in [1.807, 2.05) is 6.07 Å². The van der Waals surface area contributed by atoms with E-state index in [1.165, 1.54) is 17.7 Å². The highest BCUT2D eigenvalue weighted by molar-refractivity contribution is 9.12. The Morgan fingerprint density at radius 3 is 2.43 bits per heavy atom. The molecule has 150 valence electrons. The van der Waals surface area contributed by atoms with Crippen molar-refractivity contribution in [2.75, 3.05) is 0 Å². The second-order valence-corrected chi connectivity index (χ2v) is 12.2. The summed E-state index contributed by atoms with van der Waals surface area (Å²) < 4.78 is 0.428. The van der Waals surface area contributed by atoms with Crippen molar-refractivity contribution >= 4 is 72.8 Å². The van der Waals surface area contributed by atoms with Crippen LogP contribution in [-0.4, -0.2) is 18.9 Å². The Balaban J connectivity index is 0.000000221. The van der Waals surface area contributed by atoms with E-state index in [1.54, 1.807) is 17.8 Å². The van der Waals surface area contributed by atoms with Crippen LogP contribution in [0.2, 0.25) is 5.02 Å². The van der Waals surface area contributed by atoms with Crippen molar-refractivity contribution in [2.45, 2.75) is 34.0 Å². The molecule has 0 saturated carbocycles. The highest BCUT2D eigenvalue weighted by Crippen LogP contribution is 2.54. The minimum Gasteiger partial charge on any atom is -0.478 e. The Labute approximate surface area is 197 Å². The van der Waals surface area contributed by atoms with Gasteiger partial charge in [-0.25, -0.2) is 4.79 Å². The standard InChI is InChI=1S/C14H16BrClS.C7H4BrClO2/c1-2-8-13(15)9-10-14(16,17-13)11-12-6-4-3-5-7-12;8-4-1-2-6(9)5(3-4)7(10)11/h3-7,9-10H,2,8,11H2,1H3;1-3H,(H,10,11). The van der Waals surface area contributed by atoms with Crippen molar-refractivity contribution in [3.8, 4) is 0 Å². The van der Waals surface area contributed by atoms with E-state index < -0.39 is 5.97 Å². The molecule has 0 radical (unpaired) electrons. The first kappa shape index (κ1) is 23.8. The van der Waals surface area contributed by atoms with Gasteiger partial charge in [0.15, 0.2) is 0 Å². The first-order valence-electron chi connectivity index (χ1n) is 8.67. The molecule has 0 aliphatic carbocycles. The Bertz CT molecular complexity index is 848. The third-order valence-corrected chi connectivity index (χ3v) is 7.72. The number of alkyl halides is 2. The van der Waals surface area contributed by atoms with E-state index in [4.69, 9.17) is 28.3 Å². The Hall–Kier alpha value is -0.460. The Morgan fingerprint density at radius 2 is 1.86 bits per heavy atom. The van der Waals surface area contributed by atoms with Gasteiger partial charge >= 0.3 is 5.97 Å². The molecule has 3 rings (SSSR count). The molecule has 2 unspecified atom stereocenters. The molecule has 0 amide bonds. The van der Waals surface area contributed by atoms with Crippen LogP contribution in [0, 0.1) is 0 Å². The number of rotatable bonds is 5. The van der Waals surface area contributed by atoms with E-state index in [0.717, 1.165) is 19.3 Å². The van der Waals surface area contributed by atoms with Gasteiger partial charge in [0, 0.05) is 10.9 Å². The molecule has 1 aliphatic rings. The zero-order valence-electron chi connectivity index (χ0n) is 15.2. The Morgan fingerprint density at radius 1 is 1.18 bits per heavy atom. The minimum absolute atomic E-state index is 0.0261. The quantitative estimate of drug-likeness (QED) is 0.293. The minimum atomic E-state index is -1.02. The van der Waals surface area contributed by atoms with E-state index in [2.05, 4.69) is 75.2 Å². The van der Waals surface area contributed by atoms with E-state index in [0.29, 0.717) is 4.47 Å². The van der Waals surface area contributed by atoms with Crippen LogP contribution in [0.1, 0.15) is 35.7 Å². The summed E-state index contributed by atoms with van der Waals surface area (Å²) in [6, 6.07) is 15.1. The van der Waals surface area contributed by atoms with Crippen LogP contribution in [0.4, 0.5) is 0 Å². The van der Waals surface area contributed by atoms with Crippen molar-refractivity contribution < 1.29 is 9.90 Å². The largest absolute Gasteiger partial charge is 0.478 e. The molecular formula is C21H20Br2Cl2O2S. The first-order valence-corrected chi connectivity index (χ1v) is 11.8. The second kappa shape index (κ2) is 10.5. The zero-order valence-corrected chi connectivity index (χ0v) is 20.7. The third kappa shape index (κ3) is 7.10. The number of halogens is 4. The number of benzene rings is 2. The molecule has 7 heteroatoms. The molecule has 0 aromatic heterocycles. The van der Waals surface area contributed by atoms with E-state index in [-0.39, 0.29) is 18.4 Å². The number of carboxylic acid groups (broad SMARTS) is 1. The summed E-state index contributed by atoms with van der Waals surface area (Å²) in [6.45, 7) is 2.20. The van der Waals surface area contributed by atoms with Crippen molar-refractivity contribution in [1.29, 1.82) is 0 Å². The van der Waals surface area contributed by atoms with Crippen LogP contribution >= 0.6 is 66.8 Å². The summed E-state index contributed by atoms with van der Waals surface area (Å²) in [4.78, 5) is 10.5. The molecule has 2 nitrogen and oxygen atoms in total. The number of carboxylic acids is 1. The van der Waals surface area contributed by atoms with Crippen LogP contribution in [0.25, 0.3) is 0 Å². The Kier molecular flexibility index (Phi) is 8.96. The van der Waals surface area contributed by atoms with Crippen molar-refractivity contribution in [2.24, 2.45) is 0 Å². The lowest BCUT2D eigenvalue weighted by molar-refractivity contribution is 0.0697. The van der Waals surface area contributed by atoms with Gasteiger partial charge in [-0.3, -0.25) is 0 Å². The number of hydrogen-bond acceptors (Lipinski definition) is 2. The van der Waals surface area contributed by atoms with Crippen LogP contribution in [0.5, 0.6) is 0 Å². The molecule has 1 aliphatic heterocycles. The topological polar surface area (TPSA) is 37.3 Å². The van der Waals surface area contributed by atoms with E-state index >= 15 is 0 Å². The zero-order chi connectivity index (χ0) is 20.8. The molecule has 2 atom stereocenters. The predicted molar refractivity (Wildman–Crippen MR) is 128 cm³/mol. The van der Waals surface area contributed by atoms with Gasteiger partial charge in [-0.1, -0.05) is 99.3 Å². The van der Waals surface area contributed by atoms with Crippen molar-refractivity contribution in [1.82, 2.24) is 0 Å². The summed E-state index contributed by atoms with van der Waals surface area (Å²) in [5, 5.41) is 8.84. The average molecular weight is 567 g/mol. The molecule has 1 N–H and O–H groups in total. The molecule has 2 aromatic carbocycles. The lowest BCUT2D eigenvalue weighted by Crippen LogP contribution is -2.19. The molecule has 2 aromatic rings. The van der Waals surface area contributed by atoms with Gasteiger partial charge in [-0.05, 0) is 30.2 Å². The fraction of sp³-hybridized carbons (Fsp3) is 0.286. The lowest BCUT2D eigenvalue weighted by atomic mass is 10.1. The molecule has 0 fully saturated rings. The van der Waals surface area contributed by atoms with Gasteiger partial charge in [-0.2, -0.15) is 0 Å². The smallest absolute Gasteiger partial charge is 0.337 e. The van der Waals surface area contributed by atoms with Crippen LogP contribution in [0.15, 0.2) is 65.2 Å². The third-order valence-electron chi connectivity index (χ3n) is 3.96. The fourth-order valence-corrected chi connectivity index (χ4v) is 6.95. The van der Waals surface area contributed by atoms with Crippen LogP contribution in [-0.2, 0) is 6.42 Å². The predicted octanol–water partition coefficient (Wildman–Crippen LogP) is 8.16. The summed E-state index contributed by atoms with van der Waals surface area (Å²) in [7, 11) is 0. The molecule has 0 spiro atoms. The first-order chi connectivity index (χ1) is 13.2. The molecule has 28 heavy (non-hydrogen) atoms. The monoisotopic (exact) mass is 564 g/mol. The van der Waals surface area contributed by atoms with Gasteiger partial charge in [0.25, 0.3) is 0 Å². The van der Waals surface area contributed by atoms with Gasteiger partial charge in [0.1, 0.15) is 4.21 Å². The maximum Gasteiger partial charge on any atom is 0.337 e. The molecule has 0 saturated heterocycles. The SMILES string of the molecule is CCCC1(Br)C=CC(Cl)(Cc2ccccc2)S1.O=C(O)c1cc(Br)ccc1Cl. The highest BCUT2D eigenvalue weighted by atomic mass is 79.9. The number of hydrogen-bond donors (Lipinski definition) is 1. The van der Waals surface area contributed by atoms with Gasteiger partial charge in [0.05, 0.1) is 14.2 Å². The second-order valence-electron chi connectivity index (χ2n) is 6.35. The average Bonchev–Trinajstić information content (AvgIpc) is 2.93. The van der Waals surface area contributed by atoms with Gasteiger partial charge in [0.2, 0.25) is 0 Å². The fourth-order valence-electron chi connectivity index (χ4n) is 2.70. The number of aromatic carboxylic acids is 1. The van der Waals surface area contributed by atoms with Gasteiger partial charge < -0.3 is 5.11 Å². The molecule has 1 heterocycles. The van der Waals surface area contributed by atoms with E-state index in [9.17, 15) is 4.79 Å². The van der Waals surface area contributed by atoms with Gasteiger partial charge in [-0.15, -0.1) is 23.4 Å². The maximum absolute atomic E-state index is 10.5. The van der Waals surface area contributed by atoms with Crippen molar-refractivity contribution in [3.63, 3.8) is 0 Å². The summed E-state index contributed by atoms with van der Waals surface area (Å²) in [5.74, 6) is -1.02. The van der Waals surface area contributed by atoms with Crippen LogP contribution < -0.4 is 0 Å². The summed E-state index contributed by atoms with van der Waals surface area (Å²) in [6.07, 6.45) is 7.47. The maximum atomic E-state index is 10.5. The molecular weight excluding hydrogens is 547 g/mol. The van der Waals surface area contributed by atoms with Crippen molar-refractivity contribution in [3.05, 3.63) is 81.3 Å². The summed E-state index contributed by atoms with van der Waals surface area (Å²) in [5.41, 5.74) is 1.40. The normalized spacial score (nSPS) is 23.2. The number of thioether (sulfide) groups is 1.